The van der Waals surface area contributed by atoms with E-state index in [-0.39, 0.29) is 11.2 Å². The van der Waals surface area contributed by atoms with Gasteiger partial charge in [-0.15, -0.1) is 0 Å². The van der Waals surface area contributed by atoms with Gasteiger partial charge in [0.25, 0.3) is 0 Å². The Labute approximate surface area is 105 Å². The Morgan fingerprint density at radius 1 is 1.41 bits per heavy atom. The number of nitrogens with zero attached hydrogens (tertiary/aromatic N) is 1. The highest BCUT2D eigenvalue weighted by Crippen LogP contribution is 2.38. The monoisotopic (exact) mass is 255 g/mol. The maximum Gasteiger partial charge on any atom is 0.410 e. The van der Waals surface area contributed by atoms with Crippen LogP contribution in [0.25, 0.3) is 0 Å². The lowest BCUT2D eigenvalue weighted by Crippen LogP contribution is -2.40. The first-order chi connectivity index (χ1) is 7.85. The average molecular weight is 255 g/mol. The maximum absolute atomic E-state index is 11.9. The lowest BCUT2D eigenvalue weighted by Gasteiger charge is -2.30. The molecule has 2 rings (SSSR count). The molecule has 2 aliphatic rings. The number of rotatable bonds is 0. The van der Waals surface area contributed by atoms with Gasteiger partial charge in [0.1, 0.15) is 5.60 Å². The minimum atomic E-state index is -0.466. The summed E-state index contributed by atoms with van der Waals surface area (Å²) >= 11 is 1.34. The van der Waals surface area contributed by atoms with Gasteiger partial charge in [-0.25, -0.2) is 4.79 Å². The van der Waals surface area contributed by atoms with Crippen molar-refractivity contribution >= 4 is 23.0 Å². The van der Waals surface area contributed by atoms with Crippen molar-refractivity contribution < 1.29 is 14.3 Å². The van der Waals surface area contributed by atoms with Crippen LogP contribution in [0.1, 0.15) is 33.6 Å². The normalized spacial score (nSPS) is 20.6. The van der Waals surface area contributed by atoms with E-state index in [2.05, 4.69) is 0 Å². The molecule has 0 aromatic rings. The lowest BCUT2D eigenvalue weighted by atomic mass is 10.1. The number of carbonyl (C=O) groups excluding carboxylic acids is 2. The average Bonchev–Trinajstić information content (AvgIpc) is 2.53. The van der Waals surface area contributed by atoms with Crippen LogP contribution in [0.5, 0.6) is 0 Å². The number of ether oxygens (including phenoxy) is 1. The van der Waals surface area contributed by atoms with Gasteiger partial charge in [-0.3, -0.25) is 4.79 Å². The third kappa shape index (κ3) is 3.03. The lowest BCUT2D eigenvalue weighted by molar-refractivity contribution is -0.110. The molecule has 2 heterocycles. The number of amides is 1. The summed E-state index contributed by atoms with van der Waals surface area (Å²) in [5.74, 6) is 0. The Morgan fingerprint density at radius 3 is 2.76 bits per heavy atom. The van der Waals surface area contributed by atoms with Crippen molar-refractivity contribution in [1.82, 2.24) is 4.90 Å². The van der Waals surface area contributed by atoms with Crippen LogP contribution < -0.4 is 0 Å². The van der Waals surface area contributed by atoms with Crippen LogP contribution in [0, 0.1) is 0 Å². The topological polar surface area (TPSA) is 46.6 Å². The zero-order chi connectivity index (χ0) is 12.6. The van der Waals surface area contributed by atoms with Gasteiger partial charge in [0.15, 0.2) is 5.12 Å². The second-order valence-electron chi connectivity index (χ2n) is 5.33. The Morgan fingerprint density at radius 2 is 2.12 bits per heavy atom. The van der Waals surface area contributed by atoms with Crippen molar-refractivity contribution in [3.8, 4) is 0 Å². The summed E-state index contributed by atoms with van der Waals surface area (Å²) in [6, 6.07) is 0. The highest BCUT2D eigenvalue weighted by molar-refractivity contribution is 8.17. The third-order valence-electron chi connectivity index (χ3n) is 2.63. The fourth-order valence-corrected chi connectivity index (χ4v) is 2.91. The molecule has 0 atom stereocenters. The van der Waals surface area contributed by atoms with Crippen molar-refractivity contribution in [3.05, 3.63) is 10.5 Å². The van der Waals surface area contributed by atoms with Crippen molar-refractivity contribution in [1.29, 1.82) is 0 Å². The molecule has 0 N–H and O–H groups in total. The first kappa shape index (κ1) is 12.5. The van der Waals surface area contributed by atoms with Crippen molar-refractivity contribution in [2.24, 2.45) is 0 Å². The molecule has 0 unspecified atom stereocenters. The Hall–Kier alpha value is -0.970. The molecule has 0 bridgehead atoms. The molecule has 5 heteroatoms. The second-order valence-corrected chi connectivity index (χ2v) is 6.48. The van der Waals surface area contributed by atoms with E-state index in [1.165, 1.54) is 11.8 Å². The van der Waals surface area contributed by atoms with Crippen LogP contribution in [-0.4, -0.2) is 34.8 Å². The summed E-state index contributed by atoms with van der Waals surface area (Å²) < 4.78 is 5.33. The van der Waals surface area contributed by atoms with Gasteiger partial charge in [-0.2, -0.15) is 0 Å². The minimum absolute atomic E-state index is 0.195. The standard InChI is InChI=1S/C12H17NO3S/c1-12(2,3)16-11(15)13-5-4-9-8(7-13)6-10(14)17-9/h4-7H2,1-3H3. The van der Waals surface area contributed by atoms with Gasteiger partial charge >= 0.3 is 6.09 Å². The Balaban J connectivity index is 1.98. The highest BCUT2D eigenvalue weighted by Gasteiger charge is 2.31. The predicted molar refractivity (Wildman–Crippen MR) is 66.7 cm³/mol. The van der Waals surface area contributed by atoms with E-state index in [1.807, 2.05) is 20.8 Å². The molecule has 94 valence electrons. The Bertz CT molecular complexity index is 395. The summed E-state index contributed by atoms with van der Waals surface area (Å²) in [5, 5.41) is 0.195. The van der Waals surface area contributed by atoms with Gasteiger partial charge in [-0.1, -0.05) is 11.8 Å². The molecule has 0 aromatic carbocycles. The number of hydrogen-bond donors (Lipinski definition) is 0. The van der Waals surface area contributed by atoms with E-state index in [1.54, 1.807) is 4.90 Å². The molecular weight excluding hydrogens is 238 g/mol. The van der Waals surface area contributed by atoms with Gasteiger partial charge in [0, 0.05) is 19.5 Å². The van der Waals surface area contributed by atoms with E-state index < -0.39 is 5.60 Å². The Kier molecular flexibility index (Phi) is 3.21. The molecule has 2 aliphatic heterocycles. The predicted octanol–water partition coefficient (Wildman–Crippen LogP) is 2.54. The minimum Gasteiger partial charge on any atom is -0.444 e. The van der Waals surface area contributed by atoms with Crippen LogP contribution in [-0.2, 0) is 9.53 Å². The molecule has 0 saturated heterocycles. The van der Waals surface area contributed by atoms with Crippen LogP contribution in [0.3, 0.4) is 0 Å². The SMILES string of the molecule is CC(C)(C)OC(=O)N1CCC2=C(CC(=O)S2)C1. The smallest absolute Gasteiger partial charge is 0.410 e. The maximum atomic E-state index is 11.9. The van der Waals surface area contributed by atoms with E-state index in [4.69, 9.17) is 4.74 Å². The van der Waals surface area contributed by atoms with Crippen LogP contribution in [0.4, 0.5) is 4.79 Å². The first-order valence-corrected chi connectivity index (χ1v) is 6.56. The van der Waals surface area contributed by atoms with Gasteiger partial charge in [0.2, 0.25) is 0 Å². The summed E-state index contributed by atoms with van der Waals surface area (Å²) in [7, 11) is 0. The first-order valence-electron chi connectivity index (χ1n) is 5.75. The van der Waals surface area contributed by atoms with Crippen molar-refractivity contribution in [2.45, 2.75) is 39.2 Å². The van der Waals surface area contributed by atoms with Crippen molar-refractivity contribution in [2.75, 3.05) is 13.1 Å². The van der Waals surface area contributed by atoms with Gasteiger partial charge < -0.3 is 9.64 Å². The molecule has 0 spiro atoms. The van der Waals surface area contributed by atoms with Crippen LogP contribution >= 0.6 is 11.8 Å². The largest absolute Gasteiger partial charge is 0.444 e. The van der Waals surface area contributed by atoms with Crippen LogP contribution in [0.15, 0.2) is 10.5 Å². The zero-order valence-corrected chi connectivity index (χ0v) is 11.2. The molecule has 4 nitrogen and oxygen atoms in total. The summed E-state index contributed by atoms with van der Waals surface area (Å²) in [6.45, 7) is 6.76. The molecule has 0 aromatic heterocycles. The quantitative estimate of drug-likeness (QED) is 0.667. The molecule has 0 saturated carbocycles. The van der Waals surface area contributed by atoms with Crippen LogP contribution in [0.2, 0.25) is 0 Å². The molecule has 0 aliphatic carbocycles. The fraction of sp³-hybridized carbons (Fsp3) is 0.667. The molecule has 17 heavy (non-hydrogen) atoms. The fourth-order valence-electron chi connectivity index (χ4n) is 1.92. The molecule has 1 amide bonds. The summed E-state index contributed by atoms with van der Waals surface area (Å²) in [5.41, 5.74) is 0.628. The molecule has 0 fully saturated rings. The number of thioether (sulfide) groups is 1. The third-order valence-corrected chi connectivity index (χ3v) is 3.74. The van der Waals surface area contributed by atoms with E-state index in [0.29, 0.717) is 19.5 Å². The molecule has 0 radical (unpaired) electrons. The highest BCUT2D eigenvalue weighted by atomic mass is 32.2. The number of hydrogen-bond acceptors (Lipinski definition) is 4. The van der Waals surface area contributed by atoms with Crippen molar-refractivity contribution in [3.63, 3.8) is 0 Å². The second kappa shape index (κ2) is 4.37. The van der Waals surface area contributed by atoms with E-state index in [9.17, 15) is 9.59 Å². The van der Waals surface area contributed by atoms with Gasteiger partial charge in [-0.05, 0) is 37.7 Å². The van der Waals surface area contributed by atoms with E-state index in [0.717, 1.165) is 16.9 Å². The summed E-state index contributed by atoms with van der Waals surface area (Å²) in [6.07, 6.45) is 0.984. The molecular formula is C12H17NO3S. The van der Waals surface area contributed by atoms with E-state index >= 15 is 0 Å². The summed E-state index contributed by atoms with van der Waals surface area (Å²) in [4.78, 5) is 26.0. The number of carbonyl (C=O) groups is 2. The van der Waals surface area contributed by atoms with Gasteiger partial charge in [0.05, 0.1) is 0 Å². The zero-order valence-electron chi connectivity index (χ0n) is 10.4.